The average molecular weight is 472 g/mol. The van der Waals surface area contributed by atoms with E-state index in [2.05, 4.69) is 10.2 Å². The quantitative estimate of drug-likeness (QED) is 0.330. The van der Waals surface area contributed by atoms with E-state index in [0.717, 1.165) is 0 Å². The van der Waals surface area contributed by atoms with Gasteiger partial charge in [0.25, 0.3) is 5.91 Å². The summed E-state index contributed by atoms with van der Waals surface area (Å²) in [5.74, 6) is -8.61. The number of carbonyl (C=O) groups is 3. The number of hydrogen-bond donors (Lipinski definition) is 6. The van der Waals surface area contributed by atoms with Gasteiger partial charge in [0.15, 0.2) is 17.1 Å². The molecule has 5 rings (SSSR count). The van der Waals surface area contributed by atoms with Crippen LogP contribution >= 0.6 is 0 Å². The first-order valence-corrected chi connectivity index (χ1v) is 10.4. The second-order valence-electron chi connectivity index (χ2n) is 9.14. The number of halogens is 1. The Morgan fingerprint density at radius 1 is 1.29 bits per heavy atom. The number of rotatable bonds is 2. The number of likely N-dealkylation sites (N-methyl/N-ethyl adjacent to an activating group) is 1. The molecule has 0 saturated carbocycles. The van der Waals surface area contributed by atoms with Crippen molar-refractivity contribution >= 4 is 28.4 Å². The molecule has 0 aliphatic heterocycles. The number of aliphatic hydroxyl groups excluding tert-OH is 2. The number of ketones is 2. The number of nitrogens with one attached hydrogen (secondary N) is 1. The van der Waals surface area contributed by atoms with Gasteiger partial charge >= 0.3 is 0 Å². The second-order valence-corrected chi connectivity index (χ2v) is 9.14. The number of aliphatic hydroxyl groups is 3. The molecule has 1 amide bonds. The number of amides is 1. The number of carbonyl (C=O) groups excluding carboxylic acids is 3. The molecule has 0 radical (unpaired) electrons. The zero-order valence-corrected chi connectivity index (χ0v) is 18.1. The van der Waals surface area contributed by atoms with Crippen LogP contribution in [0.2, 0.25) is 0 Å². The number of H-pyrrole nitrogens is 1. The molecule has 1 aromatic carbocycles. The van der Waals surface area contributed by atoms with Crippen LogP contribution in [0.5, 0.6) is 5.75 Å². The summed E-state index contributed by atoms with van der Waals surface area (Å²) in [4.78, 5) is 40.0. The molecule has 34 heavy (non-hydrogen) atoms. The first kappa shape index (κ1) is 22.0. The maximum atomic E-state index is 15.3. The zero-order chi connectivity index (χ0) is 24.9. The third-order valence-corrected chi connectivity index (χ3v) is 7.23. The molecule has 0 saturated heterocycles. The maximum absolute atomic E-state index is 15.3. The Labute approximate surface area is 191 Å². The number of hydrogen-bond acceptors (Lipinski definition) is 9. The largest absolute Gasteiger partial charge is 0.510 e. The highest BCUT2D eigenvalue weighted by molar-refractivity contribution is 6.25. The Kier molecular flexibility index (Phi) is 4.45. The smallest absolute Gasteiger partial charge is 0.255 e. The number of aromatic hydroxyl groups is 1. The van der Waals surface area contributed by atoms with Crippen LogP contribution in [0.25, 0.3) is 10.9 Å². The SMILES string of the molecule is CN(C)[C@@H]1C(O)=C(C(N)=O)C(=O)[C@@]2(O)C(O)=C3C(=O)c4c(c(F)c5cn[nH]c5c4O)C[C@H]3C[C@@H]12. The van der Waals surface area contributed by atoms with Crippen molar-refractivity contribution in [2.75, 3.05) is 14.1 Å². The number of phenols is 1. The van der Waals surface area contributed by atoms with E-state index in [0.29, 0.717) is 0 Å². The van der Waals surface area contributed by atoms with E-state index in [9.17, 15) is 34.8 Å². The van der Waals surface area contributed by atoms with Gasteiger partial charge in [-0.05, 0) is 32.9 Å². The van der Waals surface area contributed by atoms with Crippen LogP contribution in [-0.4, -0.2) is 78.7 Å². The fourth-order valence-electron chi connectivity index (χ4n) is 5.76. The Hall–Kier alpha value is -3.77. The number of aromatic amines is 1. The number of benzene rings is 1. The number of phenolic OH excluding ortho intramolecular Hbond substituents is 1. The minimum atomic E-state index is -2.74. The van der Waals surface area contributed by atoms with Gasteiger partial charge in [-0.25, -0.2) is 4.39 Å². The summed E-state index contributed by atoms with van der Waals surface area (Å²) >= 11 is 0. The highest BCUT2D eigenvalue weighted by Gasteiger charge is 2.63. The summed E-state index contributed by atoms with van der Waals surface area (Å²) in [6.07, 6.45) is 0.929. The normalized spacial score (nSPS) is 28.9. The molecule has 4 atom stereocenters. The van der Waals surface area contributed by atoms with Gasteiger partial charge < -0.3 is 26.2 Å². The number of nitrogens with two attached hydrogens (primary N) is 1. The third kappa shape index (κ3) is 2.46. The van der Waals surface area contributed by atoms with Gasteiger partial charge in [0, 0.05) is 17.1 Å². The van der Waals surface area contributed by atoms with E-state index in [1.165, 1.54) is 25.2 Å². The van der Waals surface area contributed by atoms with Crippen molar-refractivity contribution < 1.29 is 39.2 Å². The van der Waals surface area contributed by atoms with Crippen LogP contribution in [0.15, 0.2) is 28.9 Å². The van der Waals surface area contributed by atoms with Crippen molar-refractivity contribution in [3.05, 3.63) is 45.8 Å². The van der Waals surface area contributed by atoms with E-state index >= 15 is 4.39 Å². The molecule has 1 aromatic heterocycles. The van der Waals surface area contributed by atoms with Crippen molar-refractivity contribution in [3.63, 3.8) is 0 Å². The molecule has 0 fully saturated rings. The summed E-state index contributed by atoms with van der Waals surface area (Å²) in [6, 6.07) is -1.11. The molecule has 3 aliphatic rings. The molecular weight excluding hydrogens is 451 g/mol. The number of primary amides is 1. The number of aromatic nitrogens is 2. The minimum Gasteiger partial charge on any atom is -0.510 e. The van der Waals surface area contributed by atoms with Crippen molar-refractivity contribution in [1.29, 1.82) is 0 Å². The lowest BCUT2D eigenvalue weighted by molar-refractivity contribution is -0.148. The van der Waals surface area contributed by atoms with Gasteiger partial charge in [-0.2, -0.15) is 5.10 Å². The zero-order valence-electron chi connectivity index (χ0n) is 18.1. The van der Waals surface area contributed by atoms with E-state index in [-0.39, 0.29) is 34.9 Å². The molecule has 2 aromatic rings. The minimum absolute atomic E-state index is 0.0151. The summed E-state index contributed by atoms with van der Waals surface area (Å²) in [5, 5.41) is 50.1. The molecule has 7 N–H and O–H groups in total. The first-order chi connectivity index (χ1) is 15.9. The Balaban J connectivity index is 1.77. The number of Topliss-reactive ketones (excluding diaryl/α,β-unsaturated/α-hetero) is 2. The standard InChI is InChI=1S/C22H21FN4O7/c1-27(2)15-9-4-6-3-7-11(17(29)14-8(13(7)23)5-25-26-14)16(28)10(6)19(31)22(9,34)20(32)12(18(15)30)21(24)33/h5-6,9,15,29-31,34H,3-4H2,1-2H3,(H2,24,33)(H,25,26)/t6-,9-,15-,22-/m0/s1. The molecule has 0 spiro atoms. The number of nitrogens with zero attached hydrogens (tertiary/aromatic N) is 2. The van der Waals surface area contributed by atoms with Gasteiger partial charge in [-0.15, -0.1) is 0 Å². The van der Waals surface area contributed by atoms with Crippen LogP contribution in [-0.2, 0) is 16.0 Å². The molecule has 0 unspecified atom stereocenters. The van der Waals surface area contributed by atoms with Crippen molar-refractivity contribution in [3.8, 4) is 5.75 Å². The van der Waals surface area contributed by atoms with E-state index < -0.39 is 75.2 Å². The van der Waals surface area contributed by atoms with E-state index in [1.54, 1.807) is 0 Å². The summed E-state index contributed by atoms with van der Waals surface area (Å²) in [6.45, 7) is 0. The Morgan fingerprint density at radius 2 is 1.97 bits per heavy atom. The van der Waals surface area contributed by atoms with E-state index in [4.69, 9.17) is 5.73 Å². The maximum Gasteiger partial charge on any atom is 0.255 e. The van der Waals surface area contributed by atoms with Gasteiger partial charge in [-0.1, -0.05) is 0 Å². The van der Waals surface area contributed by atoms with Crippen LogP contribution in [0.4, 0.5) is 4.39 Å². The van der Waals surface area contributed by atoms with Crippen LogP contribution < -0.4 is 5.73 Å². The van der Waals surface area contributed by atoms with Crippen molar-refractivity contribution in [1.82, 2.24) is 15.1 Å². The van der Waals surface area contributed by atoms with Crippen LogP contribution in [0, 0.1) is 17.7 Å². The van der Waals surface area contributed by atoms with Crippen LogP contribution in [0.3, 0.4) is 0 Å². The Morgan fingerprint density at radius 3 is 2.59 bits per heavy atom. The number of fused-ring (bicyclic) bond motifs is 4. The van der Waals surface area contributed by atoms with Gasteiger partial charge in [-0.3, -0.25) is 24.4 Å². The predicted molar refractivity (Wildman–Crippen MR) is 113 cm³/mol. The highest BCUT2D eigenvalue weighted by atomic mass is 19.1. The van der Waals surface area contributed by atoms with E-state index in [1.807, 2.05) is 0 Å². The number of allylic oxidation sites excluding steroid dienone is 1. The first-order valence-electron chi connectivity index (χ1n) is 10.4. The predicted octanol–water partition coefficient (Wildman–Crippen LogP) is 0.136. The molecule has 0 bridgehead atoms. The summed E-state index contributed by atoms with van der Waals surface area (Å²) in [7, 11) is 3.06. The van der Waals surface area contributed by atoms with Gasteiger partial charge in [0.1, 0.15) is 28.4 Å². The summed E-state index contributed by atoms with van der Waals surface area (Å²) < 4.78 is 15.3. The molecule has 1 heterocycles. The topological polar surface area (TPSA) is 190 Å². The lowest BCUT2D eigenvalue weighted by Crippen LogP contribution is -2.63. The Bertz CT molecular complexity index is 1390. The molecule has 12 heteroatoms. The lowest BCUT2D eigenvalue weighted by atomic mass is 9.58. The molecule has 178 valence electrons. The molecular formula is C22H21FN4O7. The summed E-state index contributed by atoms with van der Waals surface area (Å²) in [5.41, 5.74) is 0.706. The fraction of sp³-hybridized carbons (Fsp3) is 0.364. The monoisotopic (exact) mass is 472 g/mol. The van der Waals surface area contributed by atoms with Crippen LogP contribution in [0.1, 0.15) is 22.3 Å². The van der Waals surface area contributed by atoms with Gasteiger partial charge in [0.05, 0.1) is 23.2 Å². The van der Waals surface area contributed by atoms with Crippen molar-refractivity contribution in [2.24, 2.45) is 17.6 Å². The second kappa shape index (κ2) is 6.87. The lowest BCUT2D eigenvalue weighted by Gasteiger charge is -2.50. The molecule has 3 aliphatic carbocycles. The average Bonchev–Trinajstić information content (AvgIpc) is 3.24. The molecule has 11 nitrogen and oxygen atoms in total. The highest BCUT2D eigenvalue weighted by Crippen LogP contribution is 2.53. The van der Waals surface area contributed by atoms with Crippen molar-refractivity contribution in [2.45, 2.75) is 24.5 Å². The third-order valence-electron chi connectivity index (χ3n) is 7.23. The fourth-order valence-corrected chi connectivity index (χ4v) is 5.76. The van der Waals surface area contributed by atoms with Gasteiger partial charge in [0.2, 0.25) is 5.78 Å².